The Bertz CT molecular complexity index is 1010. The number of guanidine groups is 1. The van der Waals surface area contributed by atoms with Crippen LogP contribution in [0.5, 0.6) is 11.5 Å². The average molecular weight is 563 g/mol. The molecule has 2 N–H and O–H groups in total. The van der Waals surface area contributed by atoms with Gasteiger partial charge in [0, 0.05) is 26.0 Å². The molecule has 0 saturated heterocycles. The normalized spacial score (nSPS) is 11.9. The maximum absolute atomic E-state index is 5.76. The summed E-state index contributed by atoms with van der Waals surface area (Å²) in [6.45, 7) is 8.66. The van der Waals surface area contributed by atoms with E-state index in [-0.39, 0.29) is 30.0 Å². The fourth-order valence-corrected chi connectivity index (χ4v) is 3.42. The zero-order valence-electron chi connectivity index (χ0n) is 19.7. The number of rotatable bonds is 10. The first kappa shape index (κ1) is 26.5. The van der Waals surface area contributed by atoms with Crippen LogP contribution in [0.4, 0.5) is 0 Å². The van der Waals surface area contributed by atoms with Crippen LogP contribution in [0.15, 0.2) is 65.9 Å². The Kier molecular flexibility index (Phi) is 11.0. The Morgan fingerprint density at radius 2 is 1.79 bits per heavy atom. The summed E-state index contributed by atoms with van der Waals surface area (Å²) >= 11 is 0. The molecule has 1 atom stereocenters. The molecule has 0 fully saturated rings. The van der Waals surface area contributed by atoms with Crippen molar-refractivity contribution in [3.63, 3.8) is 0 Å². The molecular formula is C25H34IN5O2. The lowest BCUT2D eigenvalue weighted by Crippen LogP contribution is -2.38. The standard InChI is InChI=1S/C25H33N5O2.HI/c1-5-31-23-12-11-22(16-24(23)32-6-2)19(3)29-25(26-4)27-17-20-9-7-10-21(15-20)18-30-14-8-13-28-30;/h7-16,19H,5-6,17-18H2,1-4H3,(H2,26,27,29);1H. The molecule has 7 nitrogen and oxygen atoms in total. The van der Waals surface area contributed by atoms with Crippen LogP contribution in [0.2, 0.25) is 0 Å². The molecule has 2 aromatic carbocycles. The van der Waals surface area contributed by atoms with E-state index in [2.05, 4.69) is 58.0 Å². The Hall–Kier alpha value is -2.75. The quantitative estimate of drug-likeness (QED) is 0.211. The minimum absolute atomic E-state index is 0. The summed E-state index contributed by atoms with van der Waals surface area (Å²) in [7, 11) is 1.78. The van der Waals surface area contributed by atoms with Crippen molar-refractivity contribution in [2.45, 2.75) is 39.9 Å². The van der Waals surface area contributed by atoms with E-state index in [1.807, 2.05) is 42.9 Å². The smallest absolute Gasteiger partial charge is 0.191 e. The fourth-order valence-electron chi connectivity index (χ4n) is 3.42. The van der Waals surface area contributed by atoms with Gasteiger partial charge in [0.1, 0.15) is 0 Å². The number of aliphatic imine (C=N–C) groups is 1. The van der Waals surface area contributed by atoms with Crippen molar-refractivity contribution in [3.05, 3.63) is 77.6 Å². The van der Waals surface area contributed by atoms with Crippen molar-refractivity contribution in [2.24, 2.45) is 4.99 Å². The van der Waals surface area contributed by atoms with Gasteiger partial charge in [-0.1, -0.05) is 30.3 Å². The highest BCUT2D eigenvalue weighted by atomic mass is 127. The molecule has 1 unspecified atom stereocenters. The van der Waals surface area contributed by atoms with E-state index in [9.17, 15) is 0 Å². The number of halogens is 1. The maximum Gasteiger partial charge on any atom is 0.191 e. The fraction of sp³-hybridized carbons (Fsp3) is 0.360. The van der Waals surface area contributed by atoms with Gasteiger partial charge in [-0.05, 0) is 55.7 Å². The lowest BCUT2D eigenvalue weighted by molar-refractivity contribution is 0.287. The molecule has 1 heterocycles. The third-order valence-corrected chi connectivity index (χ3v) is 5.00. The number of nitrogens with one attached hydrogen (secondary N) is 2. The molecule has 0 spiro atoms. The molecule has 0 radical (unpaired) electrons. The van der Waals surface area contributed by atoms with Crippen LogP contribution in [0.1, 0.15) is 43.5 Å². The van der Waals surface area contributed by atoms with Gasteiger partial charge >= 0.3 is 0 Å². The number of nitrogens with zero attached hydrogens (tertiary/aromatic N) is 3. The molecule has 8 heteroatoms. The van der Waals surface area contributed by atoms with Gasteiger partial charge in [-0.15, -0.1) is 24.0 Å². The second-order valence-corrected chi connectivity index (χ2v) is 7.39. The summed E-state index contributed by atoms with van der Waals surface area (Å²) in [4.78, 5) is 4.38. The molecule has 178 valence electrons. The summed E-state index contributed by atoms with van der Waals surface area (Å²) in [5.41, 5.74) is 3.49. The van der Waals surface area contributed by atoms with Crippen LogP contribution < -0.4 is 20.1 Å². The van der Waals surface area contributed by atoms with E-state index < -0.39 is 0 Å². The topological polar surface area (TPSA) is 72.7 Å². The Morgan fingerprint density at radius 3 is 2.48 bits per heavy atom. The van der Waals surface area contributed by atoms with Crippen molar-refractivity contribution in [1.82, 2.24) is 20.4 Å². The first-order chi connectivity index (χ1) is 15.6. The van der Waals surface area contributed by atoms with Gasteiger partial charge in [0.15, 0.2) is 17.5 Å². The van der Waals surface area contributed by atoms with Crippen LogP contribution in [-0.4, -0.2) is 36.0 Å². The second-order valence-electron chi connectivity index (χ2n) is 7.39. The highest BCUT2D eigenvalue weighted by Gasteiger charge is 2.12. The average Bonchev–Trinajstić information content (AvgIpc) is 3.31. The van der Waals surface area contributed by atoms with E-state index >= 15 is 0 Å². The van der Waals surface area contributed by atoms with E-state index in [1.54, 1.807) is 13.2 Å². The summed E-state index contributed by atoms with van der Waals surface area (Å²) in [5.74, 6) is 2.27. The van der Waals surface area contributed by atoms with Crippen LogP contribution in [-0.2, 0) is 13.1 Å². The van der Waals surface area contributed by atoms with Crippen molar-refractivity contribution >= 4 is 29.9 Å². The number of hydrogen-bond donors (Lipinski definition) is 2. The van der Waals surface area contributed by atoms with Crippen molar-refractivity contribution < 1.29 is 9.47 Å². The first-order valence-corrected chi connectivity index (χ1v) is 11.0. The molecule has 0 saturated carbocycles. The lowest BCUT2D eigenvalue weighted by Gasteiger charge is -2.20. The van der Waals surface area contributed by atoms with Gasteiger partial charge in [0.05, 0.1) is 25.8 Å². The van der Waals surface area contributed by atoms with Gasteiger partial charge < -0.3 is 20.1 Å². The molecule has 0 amide bonds. The highest BCUT2D eigenvalue weighted by Crippen LogP contribution is 2.30. The largest absolute Gasteiger partial charge is 0.490 e. The molecule has 3 rings (SSSR count). The van der Waals surface area contributed by atoms with Gasteiger partial charge in [0.2, 0.25) is 0 Å². The lowest BCUT2D eigenvalue weighted by atomic mass is 10.1. The van der Waals surface area contributed by atoms with E-state index in [4.69, 9.17) is 9.47 Å². The minimum Gasteiger partial charge on any atom is -0.490 e. The molecule has 1 aromatic heterocycles. The van der Waals surface area contributed by atoms with Crippen molar-refractivity contribution in [2.75, 3.05) is 20.3 Å². The van der Waals surface area contributed by atoms with Crippen molar-refractivity contribution in [1.29, 1.82) is 0 Å². The zero-order valence-corrected chi connectivity index (χ0v) is 22.1. The summed E-state index contributed by atoms with van der Waals surface area (Å²) in [6, 6.07) is 16.5. The van der Waals surface area contributed by atoms with Crippen LogP contribution in [0.25, 0.3) is 0 Å². The molecular weight excluding hydrogens is 529 g/mol. The van der Waals surface area contributed by atoms with Crippen LogP contribution >= 0.6 is 24.0 Å². The number of hydrogen-bond acceptors (Lipinski definition) is 4. The van der Waals surface area contributed by atoms with Crippen LogP contribution in [0.3, 0.4) is 0 Å². The minimum atomic E-state index is 0. The molecule has 3 aromatic rings. The Labute approximate surface area is 213 Å². The Morgan fingerprint density at radius 1 is 1.03 bits per heavy atom. The monoisotopic (exact) mass is 563 g/mol. The number of benzene rings is 2. The van der Waals surface area contributed by atoms with E-state index in [1.165, 1.54) is 11.1 Å². The second kappa shape index (κ2) is 13.7. The van der Waals surface area contributed by atoms with Gasteiger partial charge in [-0.2, -0.15) is 5.10 Å². The van der Waals surface area contributed by atoms with E-state index in [0.29, 0.717) is 19.8 Å². The predicted octanol–water partition coefficient (Wildman–Crippen LogP) is 4.77. The number of aromatic nitrogens is 2. The third-order valence-electron chi connectivity index (χ3n) is 5.00. The molecule has 0 bridgehead atoms. The van der Waals surface area contributed by atoms with E-state index in [0.717, 1.165) is 29.6 Å². The predicted molar refractivity (Wildman–Crippen MR) is 144 cm³/mol. The SMILES string of the molecule is CCOc1ccc(C(C)NC(=NC)NCc2cccc(Cn3cccn3)c2)cc1OCC.I. The summed E-state index contributed by atoms with van der Waals surface area (Å²) < 4.78 is 13.3. The molecule has 33 heavy (non-hydrogen) atoms. The first-order valence-electron chi connectivity index (χ1n) is 11.0. The third kappa shape index (κ3) is 7.96. The van der Waals surface area contributed by atoms with Gasteiger partial charge in [-0.3, -0.25) is 9.67 Å². The summed E-state index contributed by atoms with van der Waals surface area (Å²) in [5, 5.41) is 11.1. The molecule has 0 aliphatic rings. The van der Waals surface area contributed by atoms with Crippen LogP contribution in [0, 0.1) is 0 Å². The Balaban J connectivity index is 0.00000385. The van der Waals surface area contributed by atoms with Gasteiger partial charge in [0.25, 0.3) is 0 Å². The maximum atomic E-state index is 5.76. The molecule has 0 aliphatic carbocycles. The number of ether oxygens (including phenoxy) is 2. The summed E-state index contributed by atoms with van der Waals surface area (Å²) in [6.07, 6.45) is 3.76. The molecule has 0 aliphatic heterocycles. The van der Waals surface area contributed by atoms with Gasteiger partial charge in [-0.25, -0.2) is 0 Å². The van der Waals surface area contributed by atoms with Crippen molar-refractivity contribution in [3.8, 4) is 11.5 Å². The highest BCUT2D eigenvalue weighted by molar-refractivity contribution is 14.0. The zero-order chi connectivity index (χ0) is 22.8.